The van der Waals surface area contributed by atoms with Crippen LogP contribution in [-0.4, -0.2) is 57.5 Å². The molecule has 0 atom stereocenters. The van der Waals surface area contributed by atoms with Crippen molar-refractivity contribution < 1.29 is 9.53 Å². The fourth-order valence-electron chi connectivity index (χ4n) is 5.29. The molecule has 0 unspecified atom stereocenters. The highest BCUT2D eigenvalue weighted by molar-refractivity contribution is 5.95. The van der Waals surface area contributed by atoms with Crippen molar-refractivity contribution in [2.75, 3.05) is 37.9 Å². The van der Waals surface area contributed by atoms with Crippen LogP contribution >= 0.6 is 0 Å². The number of pyridine rings is 2. The SMILES string of the molecule is COCCC(=O)N1CCC(c2ccc(Nc3nc(-c4cc(C)nc(N)n4)cc4cc[nH]c(=O)c34)cc2C)CC1. The lowest BCUT2D eigenvalue weighted by Crippen LogP contribution is -2.38. The van der Waals surface area contributed by atoms with Crippen LogP contribution in [0.2, 0.25) is 0 Å². The number of methoxy groups -OCH3 is 1. The fourth-order valence-corrected chi connectivity index (χ4v) is 5.29. The molecule has 1 fully saturated rings. The van der Waals surface area contributed by atoms with Crippen LogP contribution in [0.5, 0.6) is 0 Å². The van der Waals surface area contributed by atoms with Gasteiger partial charge in [0, 0.05) is 37.8 Å². The first kappa shape index (κ1) is 26.3. The molecule has 1 saturated heterocycles. The van der Waals surface area contributed by atoms with Gasteiger partial charge in [-0.1, -0.05) is 6.07 Å². The van der Waals surface area contributed by atoms with Crippen molar-refractivity contribution in [3.63, 3.8) is 0 Å². The summed E-state index contributed by atoms with van der Waals surface area (Å²) in [4.78, 5) is 43.1. The van der Waals surface area contributed by atoms with Crippen molar-refractivity contribution in [2.24, 2.45) is 0 Å². The third-order valence-electron chi connectivity index (χ3n) is 7.23. The zero-order valence-electron chi connectivity index (χ0n) is 22.5. The Labute approximate surface area is 226 Å². The molecule has 4 heterocycles. The van der Waals surface area contributed by atoms with Gasteiger partial charge < -0.3 is 25.7 Å². The van der Waals surface area contributed by atoms with Crippen molar-refractivity contribution >= 4 is 34.1 Å². The van der Waals surface area contributed by atoms with Gasteiger partial charge in [0.25, 0.3) is 5.56 Å². The van der Waals surface area contributed by atoms with Gasteiger partial charge in [-0.15, -0.1) is 0 Å². The third-order valence-corrected chi connectivity index (χ3v) is 7.23. The lowest BCUT2D eigenvalue weighted by molar-refractivity contribution is -0.133. The highest BCUT2D eigenvalue weighted by Gasteiger charge is 2.24. The molecule has 202 valence electrons. The number of nitrogen functional groups attached to an aromatic ring is 1. The Morgan fingerprint density at radius 1 is 1.10 bits per heavy atom. The summed E-state index contributed by atoms with van der Waals surface area (Å²) in [6.45, 7) is 5.91. The van der Waals surface area contributed by atoms with E-state index in [0.29, 0.717) is 41.5 Å². The third kappa shape index (κ3) is 5.75. The summed E-state index contributed by atoms with van der Waals surface area (Å²) in [5.41, 5.74) is 10.8. The number of aryl methyl sites for hydroxylation is 2. The number of amides is 1. The normalized spacial score (nSPS) is 14.1. The summed E-state index contributed by atoms with van der Waals surface area (Å²) in [5.74, 6) is 1.16. The zero-order valence-corrected chi connectivity index (χ0v) is 22.5. The summed E-state index contributed by atoms with van der Waals surface area (Å²) in [5, 5.41) is 4.57. The molecule has 0 bridgehead atoms. The first-order valence-electron chi connectivity index (χ1n) is 13.1. The van der Waals surface area contributed by atoms with Crippen LogP contribution < -0.4 is 16.6 Å². The Morgan fingerprint density at radius 2 is 1.87 bits per heavy atom. The molecule has 4 N–H and O–H groups in total. The molecule has 1 amide bonds. The summed E-state index contributed by atoms with van der Waals surface area (Å²) >= 11 is 0. The fraction of sp³-hybridized carbons (Fsp3) is 0.345. The van der Waals surface area contributed by atoms with Gasteiger partial charge in [-0.25, -0.2) is 15.0 Å². The molecule has 5 rings (SSSR count). The van der Waals surface area contributed by atoms with Crippen LogP contribution in [0.3, 0.4) is 0 Å². The van der Waals surface area contributed by atoms with E-state index >= 15 is 0 Å². The maximum Gasteiger partial charge on any atom is 0.259 e. The second kappa shape index (κ2) is 11.2. The molecule has 0 radical (unpaired) electrons. The monoisotopic (exact) mass is 527 g/mol. The second-order valence-electron chi connectivity index (χ2n) is 9.97. The molecule has 10 nitrogen and oxygen atoms in total. The Hall–Kier alpha value is -4.31. The maximum atomic E-state index is 12.8. The van der Waals surface area contributed by atoms with Crippen molar-refractivity contribution in [3.8, 4) is 11.4 Å². The predicted octanol–water partition coefficient (Wildman–Crippen LogP) is 4.07. The first-order chi connectivity index (χ1) is 18.8. The Bertz CT molecular complexity index is 1560. The van der Waals surface area contributed by atoms with Gasteiger partial charge in [-0.2, -0.15) is 0 Å². The highest BCUT2D eigenvalue weighted by Crippen LogP contribution is 2.33. The van der Waals surface area contributed by atoms with Crippen molar-refractivity contribution in [3.05, 3.63) is 69.8 Å². The average Bonchev–Trinajstić information content (AvgIpc) is 2.91. The Kier molecular flexibility index (Phi) is 7.56. The minimum absolute atomic E-state index is 0.156. The van der Waals surface area contributed by atoms with Gasteiger partial charge in [-0.05, 0) is 79.5 Å². The summed E-state index contributed by atoms with van der Waals surface area (Å²) in [6, 6.07) is 11.7. The van der Waals surface area contributed by atoms with Crippen molar-refractivity contribution in [1.29, 1.82) is 0 Å². The van der Waals surface area contributed by atoms with Crippen LogP contribution in [0.1, 0.15) is 42.0 Å². The molecule has 39 heavy (non-hydrogen) atoms. The number of hydrogen-bond donors (Lipinski definition) is 3. The number of nitrogens with zero attached hydrogens (tertiary/aromatic N) is 4. The minimum atomic E-state index is -0.229. The maximum absolute atomic E-state index is 12.8. The number of carbonyl (C=O) groups is 1. The summed E-state index contributed by atoms with van der Waals surface area (Å²) < 4.78 is 5.04. The predicted molar refractivity (Wildman–Crippen MR) is 152 cm³/mol. The van der Waals surface area contributed by atoms with Crippen molar-refractivity contribution in [1.82, 2.24) is 24.8 Å². The molecule has 0 saturated carbocycles. The van der Waals surface area contributed by atoms with Gasteiger partial charge >= 0.3 is 0 Å². The number of nitrogens with two attached hydrogens (primary N) is 1. The van der Waals surface area contributed by atoms with Crippen molar-refractivity contribution in [2.45, 2.75) is 39.0 Å². The Balaban J connectivity index is 1.40. The molecule has 1 aliphatic heterocycles. The number of rotatable bonds is 7. The number of aromatic nitrogens is 4. The van der Waals surface area contributed by atoms with E-state index in [4.69, 9.17) is 15.5 Å². The number of ether oxygens (including phenoxy) is 1. The van der Waals surface area contributed by atoms with E-state index in [2.05, 4.69) is 39.3 Å². The number of nitrogens with one attached hydrogen (secondary N) is 2. The van der Waals surface area contributed by atoms with Crippen LogP contribution in [0.4, 0.5) is 17.5 Å². The number of hydrogen-bond acceptors (Lipinski definition) is 8. The second-order valence-corrected chi connectivity index (χ2v) is 9.97. The van der Waals surface area contributed by atoms with Crippen LogP contribution in [0.25, 0.3) is 22.2 Å². The smallest absolute Gasteiger partial charge is 0.259 e. The molecule has 1 aromatic carbocycles. The zero-order chi connectivity index (χ0) is 27.5. The number of H-pyrrole nitrogens is 1. The standard InChI is InChI=1S/C29H33N7O3/c1-17-14-21(4-5-22(17)19-7-11-36(12-8-19)25(37)9-13-39-3)33-27-26-20(6-10-31-28(26)38)16-24(34-27)23-15-18(2)32-29(30)35-23/h4-6,10,14-16,19H,7-9,11-13H2,1-3H3,(H,31,38)(H,33,34)(H2,30,32,35). The van der Waals surface area contributed by atoms with Gasteiger partial charge in [0.1, 0.15) is 5.82 Å². The Morgan fingerprint density at radius 3 is 2.59 bits per heavy atom. The first-order valence-corrected chi connectivity index (χ1v) is 13.1. The average molecular weight is 528 g/mol. The number of carbonyl (C=O) groups excluding carboxylic acids is 1. The molecular formula is C29H33N7O3. The molecule has 4 aromatic rings. The summed E-state index contributed by atoms with van der Waals surface area (Å²) in [7, 11) is 1.61. The number of fused-ring (bicyclic) bond motifs is 1. The molecule has 0 spiro atoms. The molecular weight excluding hydrogens is 494 g/mol. The van der Waals surface area contributed by atoms with E-state index in [-0.39, 0.29) is 17.4 Å². The van der Waals surface area contributed by atoms with Gasteiger partial charge in [0.05, 0.1) is 29.8 Å². The van der Waals surface area contributed by atoms with Crippen LogP contribution in [0.15, 0.2) is 47.4 Å². The largest absolute Gasteiger partial charge is 0.384 e. The van der Waals surface area contributed by atoms with Gasteiger partial charge in [0.15, 0.2) is 0 Å². The van der Waals surface area contributed by atoms with E-state index in [9.17, 15) is 9.59 Å². The molecule has 10 heteroatoms. The lowest BCUT2D eigenvalue weighted by atomic mass is 9.86. The molecule has 0 aliphatic carbocycles. The number of piperidine rings is 1. The summed E-state index contributed by atoms with van der Waals surface area (Å²) in [6.07, 6.45) is 3.90. The van der Waals surface area contributed by atoms with E-state index in [1.165, 1.54) is 5.56 Å². The van der Waals surface area contributed by atoms with Crippen LogP contribution in [0, 0.1) is 13.8 Å². The quantitative estimate of drug-likeness (QED) is 0.327. The minimum Gasteiger partial charge on any atom is -0.384 e. The molecule has 1 aliphatic rings. The number of anilines is 3. The highest BCUT2D eigenvalue weighted by atomic mass is 16.5. The number of likely N-dealkylation sites (tertiary alicyclic amines) is 1. The van der Waals surface area contributed by atoms with E-state index < -0.39 is 0 Å². The van der Waals surface area contributed by atoms with Gasteiger partial charge in [-0.3, -0.25) is 9.59 Å². The molecule has 3 aromatic heterocycles. The van der Waals surface area contributed by atoms with Crippen LogP contribution in [-0.2, 0) is 9.53 Å². The lowest BCUT2D eigenvalue weighted by Gasteiger charge is -2.33. The van der Waals surface area contributed by atoms with Gasteiger partial charge in [0.2, 0.25) is 11.9 Å². The number of aromatic amines is 1. The topological polar surface area (TPSA) is 139 Å². The number of benzene rings is 1. The van der Waals surface area contributed by atoms with E-state index in [1.54, 1.807) is 13.3 Å². The van der Waals surface area contributed by atoms with E-state index in [0.717, 1.165) is 48.3 Å². The van der Waals surface area contributed by atoms with E-state index in [1.807, 2.05) is 36.1 Å².